The second-order valence-electron chi connectivity index (χ2n) is 3.41. The highest BCUT2D eigenvalue weighted by molar-refractivity contribution is 8.00. The van der Waals surface area contributed by atoms with E-state index in [4.69, 9.17) is 5.11 Å². The van der Waals surface area contributed by atoms with Gasteiger partial charge in [0.2, 0.25) is 0 Å². The Hall–Kier alpha value is -1.54. The monoisotopic (exact) mass is 305 g/mol. The van der Waals surface area contributed by atoms with Crippen LogP contribution in [0.15, 0.2) is 35.4 Å². The lowest BCUT2D eigenvalue weighted by atomic mass is 10.2. The molecule has 0 aliphatic carbocycles. The van der Waals surface area contributed by atoms with Gasteiger partial charge in [0, 0.05) is 10.5 Å². The van der Waals surface area contributed by atoms with Crippen LogP contribution in [0, 0.1) is 0 Å². The number of benzene rings is 1. The molecule has 100 valence electrons. The first kappa shape index (κ1) is 13.9. The van der Waals surface area contributed by atoms with E-state index in [0.29, 0.717) is 10.6 Å². The quantitative estimate of drug-likeness (QED) is 0.867. The summed E-state index contributed by atoms with van der Waals surface area (Å²) in [4.78, 5) is 14.8. The Balaban J connectivity index is 2.20. The third kappa shape index (κ3) is 3.71. The molecule has 3 nitrogen and oxygen atoms in total. The zero-order valence-corrected chi connectivity index (χ0v) is 10.8. The Bertz CT molecular complexity index is 593. The first-order chi connectivity index (χ1) is 8.85. The Morgan fingerprint density at radius 3 is 2.37 bits per heavy atom. The molecule has 0 atom stereocenters. The number of carbonyl (C=O) groups is 1. The molecule has 0 amide bonds. The predicted octanol–water partition coefficient (Wildman–Crippen LogP) is 4.12. The van der Waals surface area contributed by atoms with Crippen molar-refractivity contribution in [3.63, 3.8) is 0 Å². The molecular weight excluding hydrogens is 299 g/mol. The number of hydrogen-bond donors (Lipinski definition) is 1. The Labute approximate surface area is 114 Å². The predicted molar refractivity (Wildman–Crippen MR) is 66.4 cm³/mol. The maximum atomic E-state index is 12.1. The summed E-state index contributed by atoms with van der Waals surface area (Å²) >= 11 is 0.777. The number of alkyl halides is 3. The van der Waals surface area contributed by atoms with E-state index in [9.17, 15) is 18.0 Å². The molecule has 0 bridgehead atoms. The van der Waals surface area contributed by atoms with Crippen molar-refractivity contribution in [2.45, 2.75) is 10.4 Å². The van der Waals surface area contributed by atoms with Crippen molar-refractivity contribution < 1.29 is 23.1 Å². The average Bonchev–Trinajstić information content (AvgIpc) is 2.77. The summed E-state index contributed by atoms with van der Waals surface area (Å²) in [5, 5.41) is 9.22. The highest BCUT2D eigenvalue weighted by atomic mass is 32.2. The van der Waals surface area contributed by atoms with Crippen LogP contribution in [0.4, 0.5) is 13.2 Å². The molecule has 1 N–H and O–H groups in total. The van der Waals surface area contributed by atoms with Gasteiger partial charge in [-0.3, -0.25) is 0 Å². The maximum Gasteiger partial charge on any atom is 0.446 e. The lowest BCUT2D eigenvalue weighted by molar-refractivity contribution is -0.0328. The van der Waals surface area contributed by atoms with Crippen molar-refractivity contribution >= 4 is 29.1 Å². The number of thioether (sulfide) groups is 1. The number of hydrogen-bond acceptors (Lipinski definition) is 4. The largest absolute Gasteiger partial charge is 0.477 e. The minimum atomic E-state index is -4.32. The fourth-order valence-corrected chi connectivity index (χ4v) is 2.61. The molecule has 1 aromatic heterocycles. The lowest BCUT2D eigenvalue weighted by Crippen LogP contribution is -1.98. The highest BCUT2D eigenvalue weighted by Crippen LogP contribution is 2.37. The van der Waals surface area contributed by atoms with E-state index in [1.54, 1.807) is 0 Å². The maximum absolute atomic E-state index is 12.1. The standard InChI is InChI=1S/C11H6F3NO2S2/c12-11(13,14)19-7-3-1-6(2-4-7)9-15-5-8(18-9)10(16)17/h1-5H,(H,16,17). The minimum Gasteiger partial charge on any atom is -0.477 e. The van der Waals surface area contributed by atoms with Gasteiger partial charge < -0.3 is 5.11 Å². The molecule has 2 rings (SSSR count). The van der Waals surface area contributed by atoms with Crippen LogP contribution in [-0.4, -0.2) is 21.6 Å². The number of carboxylic acids is 1. The van der Waals surface area contributed by atoms with Crippen LogP contribution < -0.4 is 0 Å². The van der Waals surface area contributed by atoms with Gasteiger partial charge in [0.15, 0.2) is 0 Å². The van der Waals surface area contributed by atoms with Gasteiger partial charge in [-0.15, -0.1) is 11.3 Å². The smallest absolute Gasteiger partial charge is 0.446 e. The molecule has 19 heavy (non-hydrogen) atoms. The van der Waals surface area contributed by atoms with Gasteiger partial charge in [-0.05, 0) is 23.9 Å². The van der Waals surface area contributed by atoms with Crippen LogP contribution in [0.3, 0.4) is 0 Å². The van der Waals surface area contributed by atoms with Crippen molar-refractivity contribution in [1.29, 1.82) is 0 Å². The molecule has 2 aromatic rings. The van der Waals surface area contributed by atoms with Crippen LogP contribution in [0.1, 0.15) is 9.67 Å². The van der Waals surface area contributed by atoms with Crippen LogP contribution in [0.2, 0.25) is 0 Å². The Kier molecular flexibility index (Phi) is 3.81. The van der Waals surface area contributed by atoms with Crippen LogP contribution in [0.5, 0.6) is 0 Å². The number of nitrogens with zero attached hydrogens (tertiary/aromatic N) is 1. The van der Waals surface area contributed by atoms with Gasteiger partial charge >= 0.3 is 11.5 Å². The average molecular weight is 305 g/mol. The summed E-state index contributed by atoms with van der Waals surface area (Å²) < 4.78 is 36.4. The zero-order valence-electron chi connectivity index (χ0n) is 9.14. The third-order valence-corrected chi connectivity index (χ3v) is 3.83. The second kappa shape index (κ2) is 5.22. The highest BCUT2D eigenvalue weighted by Gasteiger charge is 2.29. The number of aromatic nitrogens is 1. The van der Waals surface area contributed by atoms with E-state index >= 15 is 0 Å². The van der Waals surface area contributed by atoms with Gasteiger partial charge in [-0.2, -0.15) is 13.2 Å². The summed E-state index contributed by atoms with van der Waals surface area (Å²) in [5.74, 6) is -1.08. The summed E-state index contributed by atoms with van der Waals surface area (Å²) in [6.45, 7) is 0. The normalized spacial score (nSPS) is 11.5. The molecule has 8 heteroatoms. The van der Waals surface area contributed by atoms with E-state index in [1.807, 2.05) is 0 Å². The molecule has 0 radical (unpaired) electrons. The molecule has 0 aliphatic rings. The summed E-state index contributed by atoms with van der Waals surface area (Å²) in [5.41, 5.74) is -3.73. The fraction of sp³-hybridized carbons (Fsp3) is 0.0909. The van der Waals surface area contributed by atoms with E-state index in [2.05, 4.69) is 4.98 Å². The fourth-order valence-electron chi connectivity index (χ4n) is 1.31. The van der Waals surface area contributed by atoms with E-state index in [1.165, 1.54) is 30.5 Å². The molecule has 1 heterocycles. The number of aromatic carboxylic acids is 1. The van der Waals surface area contributed by atoms with Crippen molar-refractivity contribution in [2.75, 3.05) is 0 Å². The summed E-state index contributed by atoms with van der Waals surface area (Å²) in [7, 11) is 0. The van der Waals surface area contributed by atoms with Crippen LogP contribution in [-0.2, 0) is 0 Å². The summed E-state index contributed by atoms with van der Waals surface area (Å²) in [6.07, 6.45) is 1.22. The molecule has 0 spiro atoms. The van der Waals surface area contributed by atoms with Crippen molar-refractivity contribution in [1.82, 2.24) is 4.98 Å². The minimum absolute atomic E-state index is 0.0752. The Morgan fingerprint density at radius 1 is 1.26 bits per heavy atom. The topological polar surface area (TPSA) is 50.2 Å². The number of carboxylic acid groups (broad SMARTS) is 1. The molecule has 0 fully saturated rings. The lowest BCUT2D eigenvalue weighted by Gasteiger charge is -2.05. The van der Waals surface area contributed by atoms with Crippen molar-refractivity contribution in [3.05, 3.63) is 35.3 Å². The van der Waals surface area contributed by atoms with Crippen LogP contribution in [0.25, 0.3) is 10.6 Å². The SMILES string of the molecule is O=C(O)c1cnc(-c2ccc(SC(F)(F)F)cc2)s1. The van der Waals surface area contributed by atoms with Crippen molar-refractivity contribution in [3.8, 4) is 10.6 Å². The van der Waals surface area contributed by atoms with E-state index in [0.717, 1.165) is 11.3 Å². The molecule has 0 unspecified atom stereocenters. The molecule has 0 aliphatic heterocycles. The number of rotatable bonds is 3. The molecule has 0 saturated heterocycles. The van der Waals surface area contributed by atoms with Gasteiger partial charge in [-0.1, -0.05) is 12.1 Å². The summed E-state index contributed by atoms with van der Waals surface area (Å²) in [6, 6.07) is 5.63. The van der Waals surface area contributed by atoms with Crippen molar-refractivity contribution in [2.24, 2.45) is 0 Å². The van der Waals surface area contributed by atoms with Gasteiger partial charge in [-0.25, -0.2) is 9.78 Å². The molecular formula is C11H6F3NO2S2. The van der Waals surface area contributed by atoms with Gasteiger partial charge in [0.05, 0.1) is 6.20 Å². The Morgan fingerprint density at radius 2 is 1.89 bits per heavy atom. The second-order valence-corrected chi connectivity index (χ2v) is 5.58. The number of halogens is 3. The molecule has 1 aromatic carbocycles. The number of thiazole rings is 1. The van der Waals surface area contributed by atoms with Crippen LogP contribution >= 0.6 is 23.1 Å². The van der Waals surface area contributed by atoms with Gasteiger partial charge in [0.25, 0.3) is 0 Å². The third-order valence-electron chi connectivity index (χ3n) is 2.05. The zero-order chi connectivity index (χ0) is 14.0. The first-order valence-electron chi connectivity index (χ1n) is 4.90. The van der Waals surface area contributed by atoms with E-state index < -0.39 is 11.5 Å². The first-order valence-corrected chi connectivity index (χ1v) is 6.54. The molecule has 0 saturated carbocycles. The van der Waals surface area contributed by atoms with E-state index in [-0.39, 0.29) is 21.5 Å². The van der Waals surface area contributed by atoms with Gasteiger partial charge in [0.1, 0.15) is 9.88 Å².